The van der Waals surface area contributed by atoms with Crippen molar-refractivity contribution in [2.45, 2.75) is 66.7 Å². The van der Waals surface area contributed by atoms with E-state index in [0.717, 1.165) is 11.8 Å². The molecule has 0 saturated carbocycles. The molecular formula is C17H30S. The summed E-state index contributed by atoms with van der Waals surface area (Å²) in [4.78, 5) is 0. The third kappa shape index (κ3) is 4.84. The quantitative estimate of drug-likeness (QED) is 0.447. The summed E-state index contributed by atoms with van der Waals surface area (Å²) in [5.41, 5.74) is 1.87. The summed E-state index contributed by atoms with van der Waals surface area (Å²) >= 11 is 5.25. The molecule has 0 heterocycles. The Labute approximate surface area is 119 Å². The van der Waals surface area contributed by atoms with Crippen molar-refractivity contribution in [2.24, 2.45) is 23.2 Å². The fourth-order valence-corrected chi connectivity index (χ4v) is 3.45. The second kappa shape index (κ2) is 6.84. The molecular weight excluding hydrogens is 236 g/mol. The Morgan fingerprint density at radius 2 is 2.06 bits per heavy atom. The van der Waals surface area contributed by atoms with E-state index in [2.05, 4.69) is 40.7 Å². The Balaban J connectivity index is 2.55. The van der Waals surface area contributed by atoms with Crippen LogP contribution in [0.3, 0.4) is 0 Å². The van der Waals surface area contributed by atoms with E-state index >= 15 is 0 Å². The SMILES string of the molecule is CC(C)CCC1CC=C(C(C=S)C(C)(C)C)CC1. The van der Waals surface area contributed by atoms with Crippen LogP contribution >= 0.6 is 12.2 Å². The Hall–Kier alpha value is -0.170. The molecule has 0 fully saturated rings. The predicted octanol–water partition coefficient (Wildman–Crippen LogP) is 5.81. The molecule has 0 saturated heterocycles. The van der Waals surface area contributed by atoms with Crippen molar-refractivity contribution in [3.63, 3.8) is 0 Å². The van der Waals surface area contributed by atoms with Crippen LogP contribution in [0, 0.1) is 23.2 Å². The number of rotatable bonds is 5. The van der Waals surface area contributed by atoms with E-state index in [1.165, 1.54) is 32.1 Å². The minimum Gasteiger partial charge on any atom is -0.0928 e. The normalized spacial score (nSPS) is 22.8. The van der Waals surface area contributed by atoms with E-state index in [-0.39, 0.29) is 5.41 Å². The van der Waals surface area contributed by atoms with E-state index in [1.54, 1.807) is 5.57 Å². The molecule has 1 aliphatic carbocycles. The van der Waals surface area contributed by atoms with E-state index < -0.39 is 0 Å². The van der Waals surface area contributed by atoms with Crippen LogP contribution in [0.4, 0.5) is 0 Å². The van der Waals surface area contributed by atoms with Gasteiger partial charge in [0, 0.05) is 5.92 Å². The van der Waals surface area contributed by atoms with Crippen molar-refractivity contribution in [1.29, 1.82) is 0 Å². The van der Waals surface area contributed by atoms with Crippen molar-refractivity contribution in [3.8, 4) is 0 Å². The molecule has 2 atom stereocenters. The summed E-state index contributed by atoms with van der Waals surface area (Å²) in [6.45, 7) is 11.5. The molecule has 0 aromatic rings. The Kier molecular flexibility index (Phi) is 6.04. The molecule has 1 aliphatic rings. The van der Waals surface area contributed by atoms with Crippen molar-refractivity contribution in [1.82, 2.24) is 0 Å². The molecule has 0 bridgehead atoms. The zero-order chi connectivity index (χ0) is 13.8. The molecule has 1 heteroatoms. The van der Waals surface area contributed by atoms with Gasteiger partial charge < -0.3 is 0 Å². The lowest BCUT2D eigenvalue weighted by Gasteiger charge is -2.33. The first-order valence-electron chi connectivity index (χ1n) is 7.48. The fraction of sp³-hybridized carbons (Fsp3) is 0.824. The number of hydrogen-bond donors (Lipinski definition) is 0. The third-order valence-corrected chi connectivity index (χ3v) is 4.45. The highest BCUT2D eigenvalue weighted by atomic mass is 32.1. The highest BCUT2D eigenvalue weighted by molar-refractivity contribution is 7.79. The summed E-state index contributed by atoms with van der Waals surface area (Å²) in [5, 5.41) is 1.99. The molecule has 2 unspecified atom stereocenters. The third-order valence-electron chi connectivity index (χ3n) is 4.18. The van der Waals surface area contributed by atoms with E-state index in [9.17, 15) is 0 Å². The van der Waals surface area contributed by atoms with Gasteiger partial charge in [0.05, 0.1) is 0 Å². The Morgan fingerprint density at radius 3 is 2.44 bits per heavy atom. The van der Waals surface area contributed by atoms with Crippen LogP contribution in [0.5, 0.6) is 0 Å². The van der Waals surface area contributed by atoms with Gasteiger partial charge in [-0.3, -0.25) is 0 Å². The Bertz CT molecular complexity index is 293. The summed E-state index contributed by atoms with van der Waals surface area (Å²) in [6, 6.07) is 0. The van der Waals surface area contributed by atoms with Crippen molar-refractivity contribution >= 4 is 17.6 Å². The number of thiocarbonyl (C=S) groups is 1. The zero-order valence-electron chi connectivity index (χ0n) is 12.8. The first kappa shape index (κ1) is 15.9. The maximum atomic E-state index is 5.25. The van der Waals surface area contributed by atoms with Gasteiger partial charge in [0.1, 0.15) is 0 Å². The number of hydrogen-bond acceptors (Lipinski definition) is 1. The topological polar surface area (TPSA) is 0 Å². The minimum atomic E-state index is 0.276. The van der Waals surface area contributed by atoms with E-state index in [0.29, 0.717) is 5.92 Å². The molecule has 0 aromatic carbocycles. The van der Waals surface area contributed by atoms with Gasteiger partial charge in [-0.2, -0.15) is 0 Å². The first-order valence-corrected chi connectivity index (χ1v) is 7.96. The second-order valence-corrected chi connectivity index (χ2v) is 7.64. The molecule has 0 amide bonds. The van der Waals surface area contributed by atoms with E-state index in [1.807, 2.05) is 5.37 Å². The van der Waals surface area contributed by atoms with E-state index in [4.69, 9.17) is 12.2 Å². The van der Waals surface area contributed by atoms with Gasteiger partial charge in [-0.15, -0.1) is 0 Å². The average molecular weight is 266 g/mol. The van der Waals surface area contributed by atoms with Crippen LogP contribution < -0.4 is 0 Å². The van der Waals surface area contributed by atoms with Gasteiger partial charge in [-0.25, -0.2) is 0 Å². The molecule has 0 nitrogen and oxygen atoms in total. The van der Waals surface area contributed by atoms with Crippen molar-refractivity contribution < 1.29 is 0 Å². The molecule has 0 aliphatic heterocycles. The van der Waals surface area contributed by atoms with Gasteiger partial charge in [-0.05, 0) is 48.3 Å². The highest BCUT2D eigenvalue weighted by Gasteiger charge is 2.28. The van der Waals surface area contributed by atoms with Crippen LogP contribution in [-0.2, 0) is 0 Å². The van der Waals surface area contributed by atoms with Crippen LogP contribution in [0.15, 0.2) is 11.6 Å². The van der Waals surface area contributed by atoms with Crippen molar-refractivity contribution in [2.75, 3.05) is 0 Å². The van der Waals surface area contributed by atoms with Gasteiger partial charge in [0.25, 0.3) is 0 Å². The lowest BCUT2D eigenvalue weighted by molar-refractivity contribution is 0.326. The van der Waals surface area contributed by atoms with Gasteiger partial charge in [0.15, 0.2) is 0 Å². The second-order valence-electron chi connectivity index (χ2n) is 7.37. The first-order chi connectivity index (χ1) is 8.34. The van der Waals surface area contributed by atoms with Crippen LogP contribution in [0.1, 0.15) is 66.7 Å². The summed E-state index contributed by atoms with van der Waals surface area (Å²) in [5.74, 6) is 2.25. The van der Waals surface area contributed by atoms with Gasteiger partial charge in [0.2, 0.25) is 0 Å². The largest absolute Gasteiger partial charge is 0.0928 e. The molecule has 18 heavy (non-hydrogen) atoms. The number of allylic oxidation sites excluding steroid dienone is 2. The van der Waals surface area contributed by atoms with Crippen molar-refractivity contribution in [3.05, 3.63) is 11.6 Å². The molecule has 1 rings (SSSR count). The smallest absolute Gasteiger partial charge is 0.0130 e. The van der Waals surface area contributed by atoms with Crippen LogP contribution in [-0.4, -0.2) is 5.37 Å². The Morgan fingerprint density at radius 1 is 1.39 bits per heavy atom. The highest BCUT2D eigenvalue weighted by Crippen LogP contribution is 2.38. The molecule has 0 radical (unpaired) electrons. The average Bonchev–Trinajstić information content (AvgIpc) is 2.27. The predicted molar refractivity (Wildman–Crippen MR) is 86.1 cm³/mol. The lowest BCUT2D eigenvalue weighted by Crippen LogP contribution is -2.25. The monoisotopic (exact) mass is 266 g/mol. The van der Waals surface area contributed by atoms with Crippen LogP contribution in [0.25, 0.3) is 0 Å². The zero-order valence-corrected chi connectivity index (χ0v) is 13.6. The molecule has 0 N–H and O–H groups in total. The maximum absolute atomic E-state index is 5.25. The molecule has 104 valence electrons. The molecule has 0 aromatic heterocycles. The van der Waals surface area contributed by atoms with Crippen LogP contribution in [0.2, 0.25) is 0 Å². The maximum Gasteiger partial charge on any atom is 0.0130 e. The standard InChI is InChI=1S/C17H30S/c1-13(2)6-7-14-8-10-15(11-9-14)16(12-18)17(3,4)5/h10,12-14,16H,6-9,11H2,1-5H3. The summed E-state index contributed by atoms with van der Waals surface area (Å²) in [7, 11) is 0. The van der Waals surface area contributed by atoms with Gasteiger partial charge >= 0.3 is 0 Å². The summed E-state index contributed by atoms with van der Waals surface area (Å²) in [6.07, 6.45) is 9.18. The summed E-state index contributed by atoms with van der Waals surface area (Å²) < 4.78 is 0. The van der Waals surface area contributed by atoms with Gasteiger partial charge in [-0.1, -0.05) is 64.9 Å². The fourth-order valence-electron chi connectivity index (χ4n) is 2.87. The lowest BCUT2D eigenvalue weighted by atomic mass is 9.72. The minimum absolute atomic E-state index is 0.276. The molecule has 0 spiro atoms.